The van der Waals surface area contributed by atoms with Crippen molar-refractivity contribution in [2.45, 2.75) is 6.92 Å². The highest BCUT2D eigenvalue weighted by Gasteiger charge is 2.03. The van der Waals surface area contributed by atoms with Crippen molar-refractivity contribution in [2.24, 2.45) is 0 Å². The van der Waals surface area contributed by atoms with Crippen LogP contribution in [0.3, 0.4) is 0 Å². The van der Waals surface area contributed by atoms with E-state index in [4.69, 9.17) is 11.6 Å². The van der Waals surface area contributed by atoms with Gasteiger partial charge in [-0.25, -0.2) is 9.97 Å². The summed E-state index contributed by atoms with van der Waals surface area (Å²) < 4.78 is 0. The van der Waals surface area contributed by atoms with E-state index in [-0.39, 0.29) is 5.56 Å². The number of pyridine rings is 1. The molecule has 2 rings (SSSR count). The van der Waals surface area contributed by atoms with E-state index in [1.165, 1.54) is 0 Å². The van der Waals surface area contributed by atoms with Crippen LogP contribution in [0.1, 0.15) is 6.92 Å². The number of H-pyrrole nitrogens is 1. The molecular weight excluding hydrogens is 238 g/mol. The van der Waals surface area contributed by atoms with Crippen LogP contribution in [0, 0.1) is 0 Å². The van der Waals surface area contributed by atoms with E-state index in [0.717, 1.165) is 0 Å². The average molecular weight is 248 g/mol. The Labute approximate surface area is 102 Å². The van der Waals surface area contributed by atoms with Crippen molar-refractivity contribution in [3.63, 3.8) is 0 Å². The molecule has 2 heterocycles. The van der Waals surface area contributed by atoms with Crippen molar-refractivity contribution < 1.29 is 0 Å². The zero-order valence-corrected chi connectivity index (χ0v) is 9.95. The molecule has 0 unspecified atom stereocenters. The van der Waals surface area contributed by atoms with E-state index >= 15 is 0 Å². The summed E-state index contributed by atoms with van der Waals surface area (Å²) in [6, 6.07) is 3.37. The highest BCUT2D eigenvalue weighted by molar-refractivity contribution is 6.29. The van der Waals surface area contributed by atoms with Gasteiger partial charge in [-0.1, -0.05) is 24.3 Å². The molecule has 2 aromatic heterocycles. The van der Waals surface area contributed by atoms with Gasteiger partial charge in [0.15, 0.2) is 0 Å². The molecule has 17 heavy (non-hydrogen) atoms. The third kappa shape index (κ3) is 2.26. The zero-order valence-electron chi connectivity index (χ0n) is 9.20. The minimum absolute atomic E-state index is 0.254. The molecule has 5 heteroatoms. The van der Waals surface area contributed by atoms with Crippen LogP contribution in [0.15, 0.2) is 23.1 Å². The maximum atomic E-state index is 11.7. The zero-order chi connectivity index (χ0) is 12.4. The lowest BCUT2D eigenvalue weighted by Gasteiger charge is -2.00. The summed E-state index contributed by atoms with van der Waals surface area (Å²) in [7, 11) is 0. The van der Waals surface area contributed by atoms with Crippen molar-refractivity contribution in [3.05, 3.63) is 44.4 Å². The van der Waals surface area contributed by atoms with Crippen molar-refractivity contribution in [3.8, 4) is 11.4 Å². The maximum absolute atomic E-state index is 11.7. The number of hydrogen-bond acceptors (Lipinski definition) is 3. The predicted molar refractivity (Wildman–Crippen MR) is 68.0 cm³/mol. The Morgan fingerprint density at radius 1 is 1.53 bits per heavy atom. The molecule has 0 atom stereocenters. The molecular formula is C12H10ClN3O. The fourth-order valence-corrected chi connectivity index (χ4v) is 1.61. The van der Waals surface area contributed by atoms with Crippen molar-refractivity contribution in [1.29, 1.82) is 0 Å². The fraction of sp³-hybridized carbons (Fsp3) is 0.0833. The number of nitrogens with zero attached hydrogens (tertiary/aromatic N) is 2. The Morgan fingerprint density at radius 3 is 2.94 bits per heavy atom. The van der Waals surface area contributed by atoms with Gasteiger partial charge < -0.3 is 4.98 Å². The van der Waals surface area contributed by atoms with Crippen molar-refractivity contribution >= 4 is 24.3 Å². The van der Waals surface area contributed by atoms with Gasteiger partial charge in [0.25, 0.3) is 5.56 Å². The second kappa shape index (κ2) is 4.51. The molecule has 86 valence electrons. The predicted octanol–water partition coefficient (Wildman–Crippen LogP) is 0.696. The number of aromatic nitrogens is 3. The minimum atomic E-state index is -0.254. The van der Waals surface area contributed by atoms with Crippen molar-refractivity contribution in [2.75, 3.05) is 0 Å². The lowest BCUT2D eigenvalue weighted by atomic mass is 10.2. The van der Waals surface area contributed by atoms with Gasteiger partial charge in [0, 0.05) is 11.8 Å². The summed E-state index contributed by atoms with van der Waals surface area (Å²) >= 11 is 5.79. The van der Waals surface area contributed by atoms with E-state index in [2.05, 4.69) is 21.5 Å². The SMILES string of the molecule is C=c1c(=CC)nc(-c2ccnc(Cl)c2)[nH]c1=O. The Hall–Kier alpha value is -1.94. The number of hydrogen-bond donors (Lipinski definition) is 1. The highest BCUT2D eigenvalue weighted by atomic mass is 35.5. The normalized spacial score (nSPS) is 11.8. The second-order valence-electron chi connectivity index (χ2n) is 3.43. The molecule has 0 aliphatic carbocycles. The van der Waals surface area contributed by atoms with Crippen LogP contribution in [-0.2, 0) is 0 Å². The number of rotatable bonds is 1. The highest BCUT2D eigenvalue weighted by Crippen LogP contribution is 2.14. The van der Waals surface area contributed by atoms with Crippen LogP contribution in [-0.4, -0.2) is 15.0 Å². The molecule has 0 aliphatic heterocycles. The summed E-state index contributed by atoms with van der Waals surface area (Å²) in [4.78, 5) is 22.5. The molecule has 2 aromatic rings. The molecule has 0 saturated heterocycles. The summed E-state index contributed by atoms with van der Waals surface area (Å²) in [6.45, 7) is 5.47. The summed E-state index contributed by atoms with van der Waals surface area (Å²) in [6.07, 6.45) is 3.30. The van der Waals surface area contributed by atoms with E-state index < -0.39 is 0 Å². The van der Waals surface area contributed by atoms with Gasteiger partial charge in [0.1, 0.15) is 11.0 Å². The third-order valence-corrected chi connectivity index (χ3v) is 2.53. The first kappa shape index (κ1) is 11.5. The first-order valence-electron chi connectivity index (χ1n) is 4.99. The maximum Gasteiger partial charge on any atom is 0.258 e. The van der Waals surface area contributed by atoms with E-state index in [1.807, 2.05) is 0 Å². The average Bonchev–Trinajstić information content (AvgIpc) is 2.32. The number of halogens is 1. The largest absolute Gasteiger partial charge is 0.306 e. The molecule has 4 nitrogen and oxygen atoms in total. The lowest BCUT2D eigenvalue weighted by molar-refractivity contribution is 1.06. The van der Waals surface area contributed by atoms with Gasteiger partial charge in [0.2, 0.25) is 0 Å². The summed E-state index contributed by atoms with van der Waals surface area (Å²) in [5.41, 5.74) is 0.459. The molecule has 0 spiro atoms. The molecule has 0 aliphatic rings. The lowest BCUT2D eigenvalue weighted by Crippen LogP contribution is -2.42. The standard InChI is InChI=1S/C12H10ClN3O/c1-3-9-7(2)12(17)16-11(15-9)8-4-5-14-10(13)6-8/h3-6H,2H2,1H3,(H,15,16,17). The third-order valence-electron chi connectivity index (χ3n) is 2.32. The Morgan fingerprint density at radius 2 is 2.29 bits per heavy atom. The molecule has 0 radical (unpaired) electrons. The van der Waals surface area contributed by atoms with Crippen LogP contribution in [0.4, 0.5) is 0 Å². The molecule has 0 saturated carbocycles. The van der Waals surface area contributed by atoms with Crippen LogP contribution in [0.5, 0.6) is 0 Å². The molecule has 0 bridgehead atoms. The van der Waals surface area contributed by atoms with E-state index in [1.54, 1.807) is 31.3 Å². The summed E-state index contributed by atoms with van der Waals surface area (Å²) in [5, 5.41) is 1.28. The quantitative estimate of drug-likeness (QED) is 0.755. The Balaban J connectivity index is 2.74. The van der Waals surface area contributed by atoms with E-state index in [9.17, 15) is 4.79 Å². The van der Waals surface area contributed by atoms with Gasteiger partial charge in [-0.2, -0.15) is 0 Å². The molecule has 0 fully saturated rings. The number of aromatic amines is 1. The van der Waals surface area contributed by atoms with Gasteiger partial charge >= 0.3 is 0 Å². The Bertz CT molecular complexity index is 721. The fourth-order valence-electron chi connectivity index (χ4n) is 1.44. The van der Waals surface area contributed by atoms with Gasteiger partial charge in [-0.15, -0.1) is 0 Å². The minimum Gasteiger partial charge on any atom is -0.306 e. The monoisotopic (exact) mass is 247 g/mol. The first-order valence-corrected chi connectivity index (χ1v) is 5.37. The van der Waals surface area contributed by atoms with E-state index in [0.29, 0.717) is 27.1 Å². The number of nitrogens with one attached hydrogen (secondary N) is 1. The second-order valence-corrected chi connectivity index (χ2v) is 3.82. The smallest absolute Gasteiger partial charge is 0.258 e. The van der Waals surface area contributed by atoms with Crippen LogP contribution in [0.2, 0.25) is 5.15 Å². The topological polar surface area (TPSA) is 58.6 Å². The van der Waals surface area contributed by atoms with Crippen LogP contribution >= 0.6 is 11.6 Å². The van der Waals surface area contributed by atoms with Gasteiger partial charge in [-0.3, -0.25) is 4.79 Å². The van der Waals surface area contributed by atoms with Crippen molar-refractivity contribution in [1.82, 2.24) is 15.0 Å². The Kier molecular flexibility index (Phi) is 3.06. The molecule has 1 N–H and O–H groups in total. The first-order chi connectivity index (χ1) is 8.11. The summed E-state index contributed by atoms with van der Waals surface area (Å²) in [5.74, 6) is 0.458. The van der Waals surface area contributed by atoms with Crippen LogP contribution in [0.25, 0.3) is 24.0 Å². The molecule has 0 amide bonds. The van der Waals surface area contributed by atoms with Gasteiger partial charge in [0.05, 0.1) is 10.6 Å². The van der Waals surface area contributed by atoms with Gasteiger partial charge in [-0.05, 0) is 19.1 Å². The van der Waals surface area contributed by atoms with Crippen LogP contribution < -0.4 is 16.1 Å². The molecule has 0 aromatic carbocycles.